The number of ether oxygens (including phenoxy) is 2. The predicted molar refractivity (Wildman–Crippen MR) is 57.6 cm³/mol. The second kappa shape index (κ2) is 6.80. The summed E-state index contributed by atoms with van der Waals surface area (Å²) in [6.45, 7) is 5.92. The van der Waals surface area contributed by atoms with E-state index in [1.165, 1.54) is 12.8 Å². The Balaban J connectivity index is 1.83. The van der Waals surface area contributed by atoms with Gasteiger partial charge in [0.25, 0.3) is 0 Å². The number of nitrogens with one attached hydrogen (secondary N) is 1. The molecule has 0 atom stereocenters. The summed E-state index contributed by atoms with van der Waals surface area (Å²) in [4.78, 5) is 10.9. The van der Waals surface area contributed by atoms with Crippen molar-refractivity contribution in [1.82, 2.24) is 5.32 Å². The van der Waals surface area contributed by atoms with Crippen LogP contribution in [0.5, 0.6) is 0 Å². The highest BCUT2D eigenvalue weighted by molar-refractivity contribution is 5.70. The lowest BCUT2D eigenvalue weighted by Crippen LogP contribution is -2.41. The third kappa shape index (κ3) is 5.14. The van der Waals surface area contributed by atoms with Gasteiger partial charge in [-0.15, -0.1) is 0 Å². The van der Waals surface area contributed by atoms with Crippen molar-refractivity contribution in [2.24, 2.45) is 5.92 Å². The zero-order valence-electron chi connectivity index (χ0n) is 9.62. The predicted octanol–water partition coefficient (Wildman–Crippen LogP) is 0.954. The van der Waals surface area contributed by atoms with Gasteiger partial charge >= 0.3 is 5.97 Å². The monoisotopic (exact) mass is 215 g/mol. The Morgan fingerprint density at radius 3 is 2.80 bits per heavy atom. The Labute approximate surface area is 91.3 Å². The van der Waals surface area contributed by atoms with Crippen LogP contribution >= 0.6 is 0 Å². The van der Waals surface area contributed by atoms with Crippen molar-refractivity contribution in [3.05, 3.63) is 0 Å². The first-order chi connectivity index (χ1) is 7.22. The maximum Gasteiger partial charge on any atom is 0.332 e. The van der Waals surface area contributed by atoms with Gasteiger partial charge in [0.2, 0.25) is 0 Å². The first-order valence-corrected chi connectivity index (χ1v) is 5.69. The highest BCUT2D eigenvalue weighted by Crippen LogP contribution is 2.25. The van der Waals surface area contributed by atoms with Gasteiger partial charge in [-0.3, -0.25) is 0 Å². The molecule has 1 saturated carbocycles. The highest BCUT2D eigenvalue weighted by atomic mass is 16.6. The van der Waals surface area contributed by atoms with E-state index in [-0.39, 0.29) is 12.6 Å². The van der Waals surface area contributed by atoms with Crippen LogP contribution in [-0.4, -0.2) is 38.4 Å². The van der Waals surface area contributed by atoms with E-state index in [1.807, 2.05) is 0 Å². The third-order valence-corrected chi connectivity index (χ3v) is 2.58. The summed E-state index contributed by atoms with van der Waals surface area (Å²) in [5.41, 5.74) is 0. The average molecular weight is 215 g/mol. The summed E-state index contributed by atoms with van der Waals surface area (Å²) in [7, 11) is 0. The summed E-state index contributed by atoms with van der Waals surface area (Å²) in [5, 5.41) is 3.38. The van der Waals surface area contributed by atoms with E-state index >= 15 is 0 Å². The van der Waals surface area contributed by atoms with Crippen LogP contribution in [0, 0.1) is 5.92 Å². The number of rotatable bonds is 7. The van der Waals surface area contributed by atoms with Crippen molar-refractivity contribution in [3.63, 3.8) is 0 Å². The molecule has 0 unspecified atom stereocenters. The maximum absolute atomic E-state index is 10.9. The van der Waals surface area contributed by atoms with E-state index in [0.717, 1.165) is 12.5 Å². The van der Waals surface area contributed by atoms with Crippen molar-refractivity contribution >= 4 is 5.97 Å². The SMILES string of the molecule is CCOC(=O)COCCNC1CC(C)C1. The molecule has 1 fully saturated rings. The minimum Gasteiger partial charge on any atom is -0.464 e. The molecule has 0 bridgehead atoms. The Kier molecular flexibility index (Phi) is 5.65. The van der Waals surface area contributed by atoms with Gasteiger partial charge in [-0.25, -0.2) is 4.79 Å². The molecule has 0 aromatic heterocycles. The molecule has 0 heterocycles. The molecule has 0 amide bonds. The Morgan fingerprint density at radius 2 is 2.20 bits per heavy atom. The van der Waals surface area contributed by atoms with E-state index in [1.54, 1.807) is 6.92 Å². The average Bonchev–Trinajstić information content (AvgIpc) is 2.14. The van der Waals surface area contributed by atoms with Gasteiger partial charge in [0.05, 0.1) is 13.2 Å². The summed E-state index contributed by atoms with van der Waals surface area (Å²) in [6.07, 6.45) is 2.52. The van der Waals surface area contributed by atoms with Crippen molar-refractivity contribution < 1.29 is 14.3 Å². The highest BCUT2D eigenvalue weighted by Gasteiger charge is 2.23. The molecular weight excluding hydrogens is 194 g/mol. The smallest absolute Gasteiger partial charge is 0.332 e. The van der Waals surface area contributed by atoms with E-state index in [0.29, 0.717) is 19.3 Å². The van der Waals surface area contributed by atoms with E-state index in [9.17, 15) is 4.79 Å². The first-order valence-electron chi connectivity index (χ1n) is 5.69. The number of hydrogen-bond donors (Lipinski definition) is 1. The topological polar surface area (TPSA) is 47.6 Å². The molecule has 1 aliphatic carbocycles. The molecule has 4 heteroatoms. The summed E-state index contributed by atoms with van der Waals surface area (Å²) >= 11 is 0. The normalized spacial score (nSPS) is 24.7. The molecule has 0 radical (unpaired) electrons. The van der Waals surface area contributed by atoms with Crippen LogP contribution in [0.4, 0.5) is 0 Å². The lowest BCUT2D eigenvalue weighted by molar-refractivity contribution is -0.148. The third-order valence-electron chi connectivity index (χ3n) is 2.58. The number of carbonyl (C=O) groups excluding carboxylic acids is 1. The molecule has 1 aliphatic rings. The van der Waals surface area contributed by atoms with E-state index in [4.69, 9.17) is 9.47 Å². The molecule has 0 aromatic rings. The van der Waals surface area contributed by atoms with Gasteiger partial charge in [-0.05, 0) is 25.7 Å². The van der Waals surface area contributed by atoms with Gasteiger partial charge in [0.1, 0.15) is 6.61 Å². The van der Waals surface area contributed by atoms with Crippen molar-refractivity contribution in [1.29, 1.82) is 0 Å². The second-order valence-electron chi connectivity index (χ2n) is 4.09. The number of carbonyl (C=O) groups is 1. The van der Waals surface area contributed by atoms with Crippen LogP contribution in [0.1, 0.15) is 26.7 Å². The lowest BCUT2D eigenvalue weighted by Gasteiger charge is -2.33. The minimum absolute atomic E-state index is 0.0661. The second-order valence-corrected chi connectivity index (χ2v) is 4.09. The molecule has 0 aliphatic heterocycles. The van der Waals surface area contributed by atoms with Gasteiger partial charge in [0, 0.05) is 12.6 Å². The van der Waals surface area contributed by atoms with Crippen molar-refractivity contribution in [3.8, 4) is 0 Å². The van der Waals surface area contributed by atoms with Crippen LogP contribution in [0.3, 0.4) is 0 Å². The fraction of sp³-hybridized carbons (Fsp3) is 0.909. The fourth-order valence-electron chi connectivity index (χ4n) is 1.76. The van der Waals surface area contributed by atoms with Crippen LogP contribution in [0.15, 0.2) is 0 Å². The number of hydrogen-bond acceptors (Lipinski definition) is 4. The van der Waals surface area contributed by atoms with Gasteiger partial charge in [-0.2, -0.15) is 0 Å². The first kappa shape index (κ1) is 12.5. The van der Waals surface area contributed by atoms with Crippen LogP contribution in [0.25, 0.3) is 0 Å². The lowest BCUT2D eigenvalue weighted by atomic mass is 9.82. The number of esters is 1. The summed E-state index contributed by atoms with van der Waals surface area (Å²) in [5.74, 6) is 0.581. The Morgan fingerprint density at radius 1 is 1.47 bits per heavy atom. The molecule has 0 saturated heterocycles. The molecule has 0 spiro atoms. The standard InChI is InChI=1S/C11H21NO3/c1-3-15-11(13)8-14-5-4-12-10-6-9(2)7-10/h9-10,12H,3-8H2,1-2H3. The van der Waals surface area contributed by atoms with Gasteiger partial charge in [0.15, 0.2) is 0 Å². The van der Waals surface area contributed by atoms with E-state index < -0.39 is 0 Å². The van der Waals surface area contributed by atoms with Crippen LogP contribution < -0.4 is 5.32 Å². The Bertz CT molecular complexity index is 190. The quantitative estimate of drug-likeness (QED) is 0.507. The molecule has 1 N–H and O–H groups in total. The zero-order valence-corrected chi connectivity index (χ0v) is 9.62. The summed E-state index contributed by atoms with van der Waals surface area (Å²) in [6, 6.07) is 0.659. The van der Waals surface area contributed by atoms with Crippen LogP contribution in [0.2, 0.25) is 0 Å². The maximum atomic E-state index is 10.9. The van der Waals surface area contributed by atoms with Crippen molar-refractivity contribution in [2.75, 3.05) is 26.4 Å². The molecular formula is C11H21NO3. The molecule has 15 heavy (non-hydrogen) atoms. The molecule has 4 nitrogen and oxygen atoms in total. The van der Waals surface area contributed by atoms with E-state index in [2.05, 4.69) is 12.2 Å². The minimum atomic E-state index is -0.283. The van der Waals surface area contributed by atoms with Gasteiger partial charge in [-0.1, -0.05) is 6.92 Å². The molecule has 88 valence electrons. The fourth-order valence-corrected chi connectivity index (χ4v) is 1.76. The largest absolute Gasteiger partial charge is 0.464 e. The van der Waals surface area contributed by atoms with Gasteiger partial charge < -0.3 is 14.8 Å². The van der Waals surface area contributed by atoms with Crippen molar-refractivity contribution in [2.45, 2.75) is 32.7 Å². The Hall–Kier alpha value is -0.610. The van der Waals surface area contributed by atoms with Crippen LogP contribution in [-0.2, 0) is 14.3 Å². The zero-order chi connectivity index (χ0) is 11.1. The molecule has 1 rings (SSSR count). The summed E-state index contributed by atoms with van der Waals surface area (Å²) < 4.78 is 9.89. The molecule has 0 aromatic carbocycles.